The van der Waals surface area contributed by atoms with E-state index in [4.69, 9.17) is 4.42 Å². The molecule has 0 bridgehead atoms. The minimum Gasteiger partial charge on any atom is -0.459 e. The molecular formula is C13H15NO2S. The number of thiophene rings is 1. The van der Waals surface area contributed by atoms with Crippen molar-refractivity contribution in [3.05, 3.63) is 46.5 Å². The molecule has 2 aromatic rings. The molecule has 1 N–H and O–H groups in total. The SMILES string of the molecule is CC(C)(CNC(=O)c1ccco1)c1cccs1. The summed E-state index contributed by atoms with van der Waals surface area (Å²) in [6.07, 6.45) is 1.50. The highest BCUT2D eigenvalue weighted by molar-refractivity contribution is 7.10. The number of furan rings is 1. The highest BCUT2D eigenvalue weighted by Gasteiger charge is 2.23. The van der Waals surface area contributed by atoms with Crippen molar-refractivity contribution in [1.29, 1.82) is 0 Å². The Morgan fingerprint density at radius 2 is 2.24 bits per heavy atom. The topological polar surface area (TPSA) is 42.2 Å². The van der Waals surface area contributed by atoms with E-state index in [1.165, 1.54) is 11.1 Å². The molecule has 0 spiro atoms. The van der Waals surface area contributed by atoms with Crippen molar-refractivity contribution in [2.24, 2.45) is 0 Å². The fourth-order valence-corrected chi connectivity index (χ4v) is 2.40. The molecule has 0 aliphatic carbocycles. The molecule has 0 fully saturated rings. The van der Waals surface area contributed by atoms with Crippen LogP contribution in [0.2, 0.25) is 0 Å². The predicted octanol–water partition coefficient (Wildman–Crippen LogP) is 3.05. The Bertz CT molecular complexity index is 472. The number of carbonyl (C=O) groups excluding carboxylic acids is 1. The summed E-state index contributed by atoms with van der Waals surface area (Å²) in [5.74, 6) is 0.187. The van der Waals surface area contributed by atoms with Crippen LogP contribution in [0.4, 0.5) is 0 Å². The Morgan fingerprint density at radius 3 is 2.82 bits per heavy atom. The molecule has 0 saturated heterocycles. The second-order valence-corrected chi connectivity index (χ2v) is 5.47. The highest BCUT2D eigenvalue weighted by atomic mass is 32.1. The van der Waals surface area contributed by atoms with Crippen LogP contribution in [0.1, 0.15) is 29.3 Å². The maximum absolute atomic E-state index is 11.7. The minimum absolute atomic E-state index is 0.0591. The Kier molecular flexibility index (Phi) is 3.33. The van der Waals surface area contributed by atoms with Gasteiger partial charge in [0.2, 0.25) is 0 Å². The molecule has 90 valence electrons. The molecule has 0 unspecified atom stereocenters. The van der Waals surface area contributed by atoms with Crippen molar-refractivity contribution in [3.8, 4) is 0 Å². The van der Waals surface area contributed by atoms with Gasteiger partial charge in [-0.05, 0) is 23.6 Å². The fourth-order valence-electron chi connectivity index (χ4n) is 1.55. The lowest BCUT2D eigenvalue weighted by molar-refractivity contribution is 0.0918. The van der Waals surface area contributed by atoms with Crippen molar-refractivity contribution >= 4 is 17.2 Å². The first-order valence-electron chi connectivity index (χ1n) is 5.45. The second-order valence-electron chi connectivity index (χ2n) is 4.52. The zero-order chi connectivity index (χ0) is 12.3. The first-order chi connectivity index (χ1) is 8.09. The van der Waals surface area contributed by atoms with E-state index in [0.717, 1.165) is 0 Å². The monoisotopic (exact) mass is 249 g/mol. The molecule has 0 radical (unpaired) electrons. The van der Waals surface area contributed by atoms with Gasteiger partial charge < -0.3 is 9.73 Å². The second kappa shape index (κ2) is 4.75. The standard InChI is InChI=1S/C13H15NO2S/c1-13(2,11-6-4-8-17-11)9-14-12(15)10-5-3-7-16-10/h3-8H,9H2,1-2H3,(H,14,15). The molecule has 2 rings (SSSR count). The van der Waals surface area contributed by atoms with Gasteiger partial charge in [0, 0.05) is 16.8 Å². The van der Waals surface area contributed by atoms with Gasteiger partial charge >= 0.3 is 0 Å². The van der Waals surface area contributed by atoms with E-state index in [1.807, 2.05) is 11.4 Å². The summed E-state index contributed by atoms with van der Waals surface area (Å²) in [4.78, 5) is 13.0. The number of nitrogens with one attached hydrogen (secondary N) is 1. The number of carbonyl (C=O) groups is 1. The maximum atomic E-state index is 11.7. The third-order valence-corrected chi connectivity index (χ3v) is 3.86. The van der Waals surface area contributed by atoms with Gasteiger partial charge in [0.05, 0.1) is 6.26 Å². The van der Waals surface area contributed by atoms with Crippen LogP contribution in [0, 0.1) is 0 Å². The van der Waals surface area contributed by atoms with Crippen molar-refractivity contribution in [1.82, 2.24) is 5.32 Å². The predicted molar refractivity (Wildman–Crippen MR) is 68.4 cm³/mol. The van der Waals surface area contributed by atoms with Crippen molar-refractivity contribution < 1.29 is 9.21 Å². The molecule has 4 heteroatoms. The van der Waals surface area contributed by atoms with E-state index >= 15 is 0 Å². The molecule has 17 heavy (non-hydrogen) atoms. The molecule has 0 saturated carbocycles. The van der Waals surface area contributed by atoms with Crippen molar-refractivity contribution in [2.45, 2.75) is 19.3 Å². The van der Waals surface area contributed by atoms with Crippen LogP contribution in [-0.2, 0) is 5.41 Å². The summed E-state index contributed by atoms with van der Waals surface area (Å²) in [5.41, 5.74) is -0.0591. The molecular weight excluding hydrogens is 234 g/mol. The number of rotatable bonds is 4. The molecule has 0 atom stereocenters. The molecule has 0 aromatic carbocycles. The average Bonchev–Trinajstić information content (AvgIpc) is 2.97. The molecule has 2 aromatic heterocycles. The summed E-state index contributed by atoms with van der Waals surface area (Å²) in [7, 11) is 0. The Morgan fingerprint density at radius 1 is 1.41 bits per heavy atom. The van der Waals surface area contributed by atoms with Crippen LogP contribution < -0.4 is 5.32 Å². The van der Waals surface area contributed by atoms with Crippen LogP contribution in [0.15, 0.2) is 40.3 Å². The van der Waals surface area contributed by atoms with Crippen LogP contribution in [-0.4, -0.2) is 12.5 Å². The molecule has 1 amide bonds. The Balaban J connectivity index is 1.96. The lowest BCUT2D eigenvalue weighted by atomic mass is 9.91. The van der Waals surface area contributed by atoms with Gasteiger partial charge in [0.25, 0.3) is 5.91 Å². The van der Waals surface area contributed by atoms with Crippen molar-refractivity contribution in [2.75, 3.05) is 6.54 Å². The molecule has 3 nitrogen and oxygen atoms in total. The van der Waals surface area contributed by atoms with Gasteiger partial charge in [-0.25, -0.2) is 0 Å². The van der Waals surface area contributed by atoms with Crippen LogP contribution >= 0.6 is 11.3 Å². The maximum Gasteiger partial charge on any atom is 0.287 e. The number of hydrogen-bond acceptors (Lipinski definition) is 3. The quantitative estimate of drug-likeness (QED) is 0.905. The van der Waals surface area contributed by atoms with E-state index in [1.54, 1.807) is 23.5 Å². The summed E-state index contributed by atoms with van der Waals surface area (Å²) in [6.45, 7) is 4.82. The van der Waals surface area contributed by atoms with Crippen LogP contribution in [0.3, 0.4) is 0 Å². The minimum atomic E-state index is -0.167. The first kappa shape index (κ1) is 11.9. The van der Waals surface area contributed by atoms with Gasteiger partial charge in [0.15, 0.2) is 5.76 Å². The van der Waals surface area contributed by atoms with E-state index in [2.05, 4.69) is 25.2 Å². The molecule has 2 heterocycles. The Labute approximate surface area is 104 Å². The number of hydrogen-bond donors (Lipinski definition) is 1. The van der Waals surface area contributed by atoms with E-state index < -0.39 is 0 Å². The average molecular weight is 249 g/mol. The molecule has 0 aliphatic rings. The fraction of sp³-hybridized carbons (Fsp3) is 0.308. The van der Waals surface area contributed by atoms with Gasteiger partial charge in [-0.3, -0.25) is 4.79 Å². The van der Waals surface area contributed by atoms with E-state index in [9.17, 15) is 4.79 Å². The zero-order valence-corrected chi connectivity index (χ0v) is 10.7. The summed E-state index contributed by atoms with van der Waals surface area (Å²) >= 11 is 1.70. The highest BCUT2D eigenvalue weighted by Crippen LogP contribution is 2.26. The largest absolute Gasteiger partial charge is 0.459 e. The third kappa shape index (κ3) is 2.77. The first-order valence-corrected chi connectivity index (χ1v) is 6.33. The van der Waals surface area contributed by atoms with Crippen LogP contribution in [0.25, 0.3) is 0 Å². The summed E-state index contributed by atoms with van der Waals surface area (Å²) in [5, 5.41) is 4.93. The lowest BCUT2D eigenvalue weighted by Crippen LogP contribution is -2.36. The van der Waals surface area contributed by atoms with Gasteiger partial charge in [-0.1, -0.05) is 19.9 Å². The summed E-state index contributed by atoms with van der Waals surface area (Å²) < 4.78 is 5.04. The lowest BCUT2D eigenvalue weighted by Gasteiger charge is -2.23. The molecule has 0 aliphatic heterocycles. The zero-order valence-electron chi connectivity index (χ0n) is 9.90. The Hall–Kier alpha value is -1.55. The van der Waals surface area contributed by atoms with Gasteiger partial charge in [0.1, 0.15) is 0 Å². The van der Waals surface area contributed by atoms with Gasteiger partial charge in [-0.2, -0.15) is 0 Å². The van der Waals surface area contributed by atoms with E-state index in [-0.39, 0.29) is 11.3 Å². The third-order valence-electron chi connectivity index (χ3n) is 2.62. The van der Waals surface area contributed by atoms with Crippen molar-refractivity contribution in [3.63, 3.8) is 0 Å². The smallest absolute Gasteiger partial charge is 0.287 e. The summed E-state index contributed by atoms with van der Waals surface area (Å²) in [6, 6.07) is 7.48. The normalized spacial score (nSPS) is 11.4. The van der Waals surface area contributed by atoms with Crippen LogP contribution in [0.5, 0.6) is 0 Å². The van der Waals surface area contributed by atoms with E-state index in [0.29, 0.717) is 12.3 Å². The number of amides is 1. The van der Waals surface area contributed by atoms with Gasteiger partial charge in [-0.15, -0.1) is 11.3 Å².